The summed E-state index contributed by atoms with van der Waals surface area (Å²) in [5.74, 6) is 0.479. The number of nitrogens with zero attached hydrogens (tertiary/aromatic N) is 1. The van der Waals surface area contributed by atoms with Crippen LogP contribution in [0.3, 0.4) is 0 Å². The lowest BCUT2D eigenvalue weighted by Crippen LogP contribution is -2.33. The molecule has 0 unspecified atom stereocenters. The number of benzene rings is 5. The van der Waals surface area contributed by atoms with Crippen molar-refractivity contribution in [1.29, 1.82) is 0 Å². The second-order valence-corrected chi connectivity index (χ2v) is 14.6. The van der Waals surface area contributed by atoms with Crippen LogP contribution in [0.2, 0.25) is 10.0 Å². The molecule has 0 saturated carbocycles. The first kappa shape index (κ1) is 34.8. The molecule has 258 valence electrons. The molecule has 1 aromatic heterocycles. The number of nitrogens with one attached hydrogen (secondary N) is 2. The number of rotatable bonds is 11. The average molecular weight is 735 g/mol. The number of fused-ring (bicyclic) bond motifs is 1. The van der Waals surface area contributed by atoms with Gasteiger partial charge in [-0.3, -0.25) is 14.5 Å². The second kappa shape index (κ2) is 16.1. The van der Waals surface area contributed by atoms with Gasteiger partial charge in [0.25, 0.3) is 11.8 Å². The molecule has 9 heteroatoms. The third kappa shape index (κ3) is 8.81. The van der Waals surface area contributed by atoms with Crippen LogP contribution in [0.25, 0.3) is 20.5 Å². The monoisotopic (exact) mass is 733 g/mol. The first-order valence-electron chi connectivity index (χ1n) is 17.1. The number of halogens is 2. The van der Waals surface area contributed by atoms with Crippen LogP contribution < -0.4 is 15.4 Å². The highest BCUT2D eigenvalue weighted by Crippen LogP contribution is 2.41. The number of hydrogen-bond acceptors (Lipinski definition) is 5. The van der Waals surface area contributed by atoms with E-state index in [1.165, 1.54) is 19.3 Å². The number of carbonyl (C=O) groups excluding carboxylic acids is 2. The molecule has 2 heterocycles. The van der Waals surface area contributed by atoms with Crippen molar-refractivity contribution >= 4 is 67.8 Å². The molecule has 5 aromatic carbocycles. The van der Waals surface area contributed by atoms with Crippen molar-refractivity contribution in [3.8, 4) is 16.2 Å². The molecule has 2 N–H and O–H groups in total. The predicted octanol–water partition coefficient (Wildman–Crippen LogP) is 10.8. The van der Waals surface area contributed by atoms with E-state index in [-0.39, 0.29) is 11.8 Å². The van der Waals surface area contributed by atoms with Gasteiger partial charge in [0.05, 0.1) is 0 Å². The molecule has 2 amide bonds. The summed E-state index contributed by atoms with van der Waals surface area (Å²) in [7, 11) is 0. The third-order valence-electron chi connectivity index (χ3n) is 9.10. The highest BCUT2D eigenvalue weighted by molar-refractivity contribution is 7.22. The van der Waals surface area contributed by atoms with Gasteiger partial charge in [-0.2, -0.15) is 0 Å². The highest BCUT2D eigenvalue weighted by atomic mass is 35.5. The summed E-state index contributed by atoms with van der Waals surface area (Å²) >= 11 is 13.7. The number of piperidine rings is 1. The fraction of sp³-hybridized carbons (Fsp3) is 0.190. The number of anilines is 2. The zero-order valence-corrected chi connectivity index (χ0v) is 30.3. The predicted molar refractivity (Wildman–Crippen MR) is 211 cm³/mol. The third-order valence-corrected chi connectivity index (χ3v) is 10.8. The Kier molecular flexibility index (Phi) is 11.0. The molecule has 51 heavy (non-hydrogen) atoms. The van der Waals surface area contributed by atoms with Crippen LogP contribution in [0, 0.1) is 0 Å². The Labute approximate surface area is 312 Å². The largest absolute Gasteiger partial charge is 0.492 e. The van der Waals surface area contributed by atoms with E-state index >= 15 is 0 Å². The molecule has 6 nitrogen and oxygen atoms in total. The molecule has 0 aliphatic carbocycles. The summed E-state index contributed by atoms with van der Waals surface area (Å²) in [6.45, 7) is 3.95. The number of carbonyl (C=O) groups is 2. The Hall–Kier alpha value is -4.66. The lowest BCUT2D eigenvalue weighted by molar-refractivity contribution is 0.101. The van der Waals surface area contributed by atoms with Crippen LogP contribution in [0.5, 0.6) is 5.75 Å². The van der Waals surface area contributed by atoms with Crippen molar-refractivity contribution in [2.75, 3.05) is 36.9 Å². The van der Waals surface area contributed by atoms with Gasteiger partial charge in [0.1, 0.15) is 12.4 Å². The minimum atomic E-state index is -0.199. The number of ether oxygens (including phenoxy) is 1. The summed E-state index contributed by atoms with van der Waals surface area (Å²) in [4.78, 5) is 29.8. The van der Waals surface area contributed by atoms with Crippen LogP contribution >= 0.6 is 34.5 Å². The SMILES string of the molecule is O=C(Nc1ccc(Cl)cc1)c1ccc(-c2sc3cc(C(=O)Nc4ccc(Cl)cc4)ccc3c2Cc2ccc(OCCN3CCCCC3)cc2)cc1. The van der Waals surface area contributed by atoms with Gasteiger partial charge in [-0.15, -0.1) is 11.3 Å². The normalized spacial score (nSPS) is 13.2. The van der Waals surface area contributed by atoms with E-state index in [0.29, 0.717) is 45.6 Å². The summed E-state index contributed by atoms with van der Waals surface area (Å²) in [6, 6.07) is 36.0. The van der Waals surface area contributed by atoms with E-state index in [4.69, 9.17) is 27.9 Å². The summed E-state index contributed by atoms with van der Waals surface area (Å²) in [6.07, 6.45) is 4.57. The second-order valence-electron chi connectivity index (χ2n) is 12.7. The van der Waals surface area contributed by atoms with Crippen molar-refractivity contribution in [3.05, 3.63) is 148 Å². The summed E-state index contributed by atoms with van der Waals surface area (Å²) in [5, 5.41) is 8.20. The first-order chi connectivity index (χ1) is 24.9. The van der Waals surface area contributed by atoms with Crippen molar-refractivity contribution in [1.82, 2.24) is 4.90 Å². The van der Waals surface area contributed by atoms with E-state index in [1.807, 2.05) is 54.6 Å². The van der Waals surface area contributed by atoms with Gasteiger partial charge >= 0.3 is 0 Å². The Morgan fingerprint density at radius 2 is 1.27 bits per heavy atom. The van der Waals surface area contributed by atoms with Crippen molar-refractivity contribution in [3.63, 3.8) is 0 Å². The van der Waals surface area contributed by atoms with E-state index in [1.54, 1.807) is 59.9 Å². The lowest BCUT2D eigenvalue weighted by Gasteiger charge is -2.26. The van der Waals surface area contributed by atoms with E-state index in [9.17, 15) is 9.59 Å². The van der Waals surface area contributed by atoms with E-state index < -0.39 is 0 Å². The molecule has 1 fully saturated rings. The molecule has 0 atom stereocenters. The van der Waals surface area contributed by atoms with Crippen LogP contribution in [0.15, 0.2) is 115 Å². The average Bonchev–Trinajstić information content (AvgIpc) is 3.52. The van der Waals surface area contributed by atoms with Gasteiger partial charge in [0.2, 0.25) is 0 Å². The van der Waals surface area contributed by atoms with Crippen LogP contribution in [0.1, 0.15) is 51.1 Å². The Balaban J connectivity index is 1.13. The summed E-state index contributed by atoms with van der Waals surface area (Å²) in [5.41, 5.74) is 5.79. The van der Waals surface area contributed by atoms with Crippen molar-refractivity contribution in [2.45, 2.75) is 25.7 Å². The molecular weight excluding hydrogens is 697 g/mol. The van der Waals surface area contributed by atoms with Crippen molar-refractivity contribution in [2.24, 2.45) is 0 Å². The zero-order valence-electron chi connectivity index (χ0n) is 28.0. The Morgan fingerprint density at radius 1 is 0.686 bits per heavy atom. The first-order valence-corrected chi connectivity index (χ1v) is 18.7. The van der Waals surface area contributed by atoms with Gasteiger partial charge in [0.15, 0.2) is 0 Å². The Bertz CT molecular complexity index is 2130. The molecule has 6 aromatic rings. The maximum Gasteiger partial charge on any atom is 0.255 e. The molecule has 0 bridgehead atoms. The van der Waals surface area contributed by atoms with Gasteiger partial charge in [-0.1, -0.05) is 60.0 Å². The molecule has 7 rings (SSSR count). The molecule has 0 spiro atoms. The van der Waals surface area contributed by atoms with Gasteiger partial charge in [-0.05, 0) is 139 Å². The number of thiophene rings is 1. The van der Waals surface area contributed by atoms with E-state index in [2.05, 4.69) is 27.7 Å². The molecule has 1 saturated heterocycles. The van der Waals surface area contributed by atoms with Gasteiger partial charge < -0.3 is 15.4 Å². The topological polar surface area (TPSA) is 70.7 Å². The molecule has 0 radical (unpaired) electrons. The maximum atomic E-state index is 13.2. The van der Waals surface area contributed by atoms with Gasteiger partial charge in [-0.25, -0.2) is 0 Å². The number of likely N-dealkylation sites (tertiary alicyclic amines) is 1. The molecular formula is C42H37Cl2N3O3S. The van der Waals surface area contributed by atoms with Crippen LogP contribution in [-0.2, 0) is 6.42 Å². The number of amides is 2. The van der Waals surface area contributed by atoms with Crippen LogP contribution in [-0.4, -0.2) is 43.0 Å². The highest BCUT2D eigenvalue weighted by Gasteiger charge is 2.18. The number of hydrogen-bond donors (Lipinski definition) is 2. The van der Waals surface area contributed by atoms with E-state index in [0.717, 1.165) is 57.0 Å². The summed E-state index contributed by atoms with van der Waals surface area (Å²) < 4.78 is 7.10. The smallest absolute Gasteiger partial charge is 0.255 e. The lowest BCUT2D eigenvalue weighted by atomic mass is 9.97. The maximum absolute atomic E-state index is 13.2. The standard InChI is InChI=1S/C42H37Cl2N3O3S/c43-32-11-15-34(16-12-32)45-41(48)30-8-6-29(7-9-30)40-38(26-28-4-19-36(20-5-28)50-25-24-47-22-2-1-3-23-47)37-21-10-31(27-39(37)51-40)42(49)46-35-17-13-33(44)14-18-35/h4-21,27H,1-3,22-26H2,(H,45,48)(H,46,49). The fourth-order valence-electron chi connectivity index (χ4n) is 6.33. The van der Waals surface area contributed by atoms with Crippen LogP contribution in [0.4, 0.5) is 11.4 Å². The minimum Gasteiger partial charge on any atom is -0.492 e. The van der Waals surface area contributed by atoms with Crippen molar-refractivity contribution < 1.29 is 14.3 Å². The Morgan fingerprint density at radius 3 is 1.90 bits per heavy atom. The fourth-order valence-corrected chi connectivity index (χ4v) is 7.85. The minimum absolute atomic E-state index is 0.192. The molecule has 1 aliphatic heterocycles. The molecule has 1 aliphatic rings. The zero-order chi connectivity index (χ0) is 35.2. The quantitative estimate of drug-likeness (QED) is 0.139. The van der Waals surface area contributed by atoms with Gasteiger partial charge in [0, 0.05) is 48.7 Å².